The molecule has 0 aliphatic rings. The Morgan fingerprint density at radius 2 is 2.00 bits per heavy atom. The van der Waals surface area contributed by atoms with E-state index in [1.165, 1.54) is 18.7 Å². The number of rotatable bonds is 6. The summed E-state index contributed by atoms with van der Waals surface area (Å²) in [5.74, 6) is 1.69. The van der Waals surface area contributed by atoms with Gasteiger partial charge in [-0.1, -0.05) is 0 Å². The van der Waals surface area contributed by atoms with Crippen LogP contribution in [0.2, 0.25) is 0 Å². The molecular weight excluding hydrogens is 312 g/mol. The molecule has 0 saturated carbocycles. The third-order valence-electron chi connectivity index (χ3n) is 3.75. The molecule has 2 heterocycles. The summed E-state index contributed by atoms with van der Waals surface area (Å²) in [5, 5.41) is 9.42. The number of methoxy groups -OCH3 is 1. The van der Waals surface area contributed by atoms with E-state index < -0.39 is 11.2 Å². The molecule has 0 N–H and O–H groups in total. The van der Waals surface area contributed by atoms with Crippen molar-refractivity contribution in [3.63, 3.8) is 0 Å². The van der Waals surface area contributed by atoms with Crippen molar-refractivity contribution in [1.82, 2.24) is 9.13 Å². The van der Waals surface area contributed by atoms with Crippen LogP contribution in [0.25, 0.3) is 0 Å². The Morgan fingerprint density at radius 3 is 2.54 bits per heavy atom. The summed E-state index contributed by atoms with van der Waals surface area (Å²) in [6, 6.07) is 5.57. The maximum atomic E-state index is 12.3. The molecule has 0 fully saturated rings. The molecule has 2 rings (SSSR count). The molecule has 8 nitrogen and oxygen atoms in total. The van der Waals surface area contributed by atoms with Crippen LogP contribution in [0.3, 0.4) is 0 Å². The number of aryl methyl sites for hydroxylation is 1. The minimum absolute atomic E-state index is 0.0843. The molecule has 0 bridgehead atoms. The van der Waals surface area contributed by atoms with Gasteiger partial charge in [-0.05, 0) is 19.1 Å². The maximum absolute atomic E-state index is 12.3. The van der Waals surface area contributed by atoms with Crippen molar-refractivity contribution in [2.75, 3.05) is 25.2 Å². The molecule has 2 aromatic heterocycles. The molecule has 24 heavy (non-hydrogen) atoms. The Hall–Kier alpha value is -2.79. The standard InChI is InChI=1S/C16H20N4O4/c1-11-5-6-12(24-11)10-20(7-8-23-4)14-13(9-17)15(21)19(3)16(22)18(14)2/h5-6H,7-8,10H2,1-4H3. The second-order valence-corrected chi connectivity index (χ2v) is 5.44. The minimum atomic E-state index is -0.617. The van der Waals surface area contributed by atoms with Crippen LogP contribution in [0.15, 0.2) is 26.1 Å². The Labute approximate surface area is 139 Å². The Morgan fingerprint density at radius 1 is 1.29 bits per heavy atom. The van der Waals surface area contributed by atoms with E-state index in [0.29, 0.717) is 25.5 Å². The molecule has 0 aliphatic carbocycles. The molecule has 2 aromatic rings. The van der Waals surface area contributed by atoms with E-state index in [2.05, 4.69) is 0 Å². The lowest BCUT2D eigenvalue weighted by molar-refractivity contribution is 0.204. The Kier molecular flexibility index (Phi) is 5.26. The average Bonchev–Trinajstić information content (AvgIpc) is 2.98. The average molecular weight is 332 g/mol. The van der Waals surface area contributed by atoms with Crippen molar-refractivity contribution in [3.05, 3.63) is 50.1 Å². The molecule has 0 aromatic carbocycles. The van der Waals surface area contributed by atoms with Gasteiger partial charge in [0, 0.05) is 27.7 Å². The maximum Gasteiger partial charge on any atom is 0.332 e. The number of nitrogens with zero attached hydrogens (tertiary/aromatic N) is 4. The normalized spacial score (nSPS) is 10.6. The quantitative estimate of drug-likeness (QED) is 0.765. The predicted octanol–water partition coefficient (Wildman–Crippen LogP) is 0.510. The zero-order chi connectivity index (χ0) is 17.9. The number of furan rings is 1. The van der Waals surface area contributed by atoms with Crippen LogP contribution in [0.5, 0.6) is 0 Å². The zero-order valence-electron chi connectivity index (χ0n) is 14.2. The third-order valence-corrected chi connectivity index (χ3v) is 3.75. The number of hydrogen-bond acceptors (Lipinski definition) is 6. The monoisotopic (exact) mass is 332 g/mol. The largest absolute Gasteiger partial charge is 0.464 e. The first-order chi connectivity index (χ1) is 11.4. The molecule has 8 heteroatoms. The Balaban J connectivity index is 2.59. The summed E-state index contributed by atoms with van der Waals surface area (Å²) in [7, 11) is 4.44. The van der Waals surface area contributed by atoms with Gasteiger partial charge in [0.2, 0.25) is 0 Å². The minimum Gasteiger partial charge on any atom is -0.464 e. The number of nitriles is 1. The molecule has 0 unspecified atom stereocenters. The first-order valence-electron chi connectivity index (χ1n) is 7.40. The second kappa shape index (κ2) is 7.19. The van der Waals surface area contributed by atoms with Gasteiger partial charge in [0.05, 0.1) is 13.2 Å². The zero-order valence-corrected chi connectivity index (χ0v) is 14.2. The van der Waals surface area contributed by atoms with Gasteiger partial charge in [-0.15, -0.1) is 0 Å². The van der Waals surface area contributed by atoms with Crippen LogP contribution in [0.1, 0.15) is 17.1 Å². The summed E-state index contributed by atoms with van der Waals surface area (Å²) in [6.07, 6.45) is 0. The van der Waals surface area contributed by atoms with Gasteiger partial charge in [-0.25, -0.2) is 4.79 Å². The van der Waals surface area contributed by atoms with Crippen LogP contribution >= 0.6 is 0 Å². The van der Waals surface area contributed by atoms with Crippen LogP contribution < -0.4 is 16.1 Å². The first-order valence-corrected chi connectivity index (χ1v) is 7.40. The van der Waals surface area contributed by atoms with Gasteiger partial charge in [-0.3, -0.25) is 13.9 Å². The van der Waals surface area contributed by atoms with E-state index in [1.807, 2.05) is 25.1 Å². The highest BCUT2D eigenvalue weighted by Crippen LogP contribution is 2.19. The smallest absolute Gasteiger partial charge is 0.332 e. The highest BCUT2D eigenvalue weighted by atomic mass is 16.5. The van der Waals surface area contributed by atoms with Crippen LogP contribution in [0, 0.1) is 18.3 Å². The number of hydrogen-bond donors (Lipinski definition) is 0. The highest BCUT2D eigenvalue weighted by molar-refractivity contribution is 5.53. The molecule has 0 spiro atoms. The van der Waals surface area contributed by atoms with Gasteiger partial charge in [0.25, 0.3) is 5.56 Å². The van der Waals surface area contributed by atoms with Gasteiger partial charge in [0.15, 0.2) is 5.56 Å². The summed E-state index contributed by atoms with van der Waals surface area (Å²) < 4.78 is 12.9. The van der Waals surface area contributed by atoms with Crippen molar-refractivity contribution in [2.45, 2.75) is 13.5 Å². The van der Waals surface area contributed by atoms with Crippen molar-refractivity contribution in [2.24, 2.45) is 14.1 Å². The lowest BCUT2D eigenvalue weighted by atomic mass is 10.2. The van der Waals surface area contributed by atoms with Gasteiger partial charge in [0.1, 0.15) is 23.4 Å². The lowest BCUT2D eigenvalue weighted by Crippen LogP contribution is -2.43. The van der Waals surface area contributed by atoms with E-state index in [9.17, 15) is 14.9 Å². The van der Waals surface area contributed by atoms with E-state index in [1.54, 1.807) is 12.0 Å². The number of anilines is 1. The summed E-state index contributed by atoms with van der Waals surface area (Å²) in [6.45, 7) is 2.91. The SMILES string of the molecule is COCCN(Cc1ccc(C)o1)c1c(C#N)c(=O)n(C)c(=O)n1C. The number of ether oxygens (including phenoxy) is 1. The molecule has 0 radical (unpaired) electrons. The molecule has 0 aliphatic heterocycles. The highest BCUT2D eigenvalue weighted by Gasteiger charge is 2.22. The summed E-state index contributed by atoms with van der Waals surface area (Å²) >= 11 is 0. The second-order valence-electron chi connectivity index (χ2n) is 5.44. The van der Waals surface area contributed by atoms with Crippen LogP contribution in [-0.2, 0) is 25.4 Å². The third kappa shape index (κ3) is 3.26. The summed E-state index contributed by atoms with van der Waals surface area (Å²) in [5.41, 5.74) is -1.19. The van der Waals surface area contributed by atoms with Crippen LogP contribution in [0.4, 0.5) is 5.82 Å². The predicted molar refractivity (Wildman–Crippen MR) is 88.0 cm³/mol. The molecule has 128 valence electrons. The van der Waals surface area contributed by atoms with Gasteiger partial charge in [-0.2, -0.15) is 5.26 Å². The number of aromatic nitrogens is 2. The van der Waals surface area contributed by atoms with E-state index >= 15 is 0 Å². The van der Waals surface area contributed by atoms with E-state index in [0.717, 1.165) is 10.3 Å². The molecular formula is C16H20N4O4. The topological polar surface area (TPSA) is 93.4 Å². The van der Waals surface area contributed by atoms with Gasteiger partial charge < -0.3 is 14.1 Å². The summed E-state index contributed by atoms with van der Waals surface area (Å²) in [4.78, 5) is 26.3. The fraction of sp³-hybridized carbons (Fsp3) is 0.438. The van der Waals surface area contributed by atoms with Crippen molar-refractivity contribution < 1.29 is 9.15 Å². The molecule has 0 atom stereocenters. The molecule has 0 amide bonds. The molecule has 0 saturated heterocycles. The van der Waals surface area contributed by atoms with Crippen molar-refractivity contribution >= 4 is 5.82 Å². The van der Waals surface area contributed by atoms with Crippen molar-refractivity contribution in [1.29, 1.82) is 5.26 Å². The lowest BCUT2D eigenvalue weighted by Gasteiger charge is -2.26. The fourth-order valence-electron chi connectivity index (χ4n) is 2.52. The Bertz CT molecular complexity index is 885. The van der Waals surface area contributed by atoms with E-state index in [-0.39, 0.29) is 11.4 Å². The fourth-order valence-corrected chi connectivity index (χ4v) is 2.52. The van der Waals surface area contributed by atoms with E-state index in [4.69, 9.17) is 9.15 Å². The first kappa shape index (κ1) is 17.6. The van der Waals surface area contributed by atoms with Crippen molar-refractivity contribution in [3.8, 4) is 6.07 Å². The van der Waals surface area contributed by atoms with Gasteiger partial charge >= 0.3 is 5.69 Å². The van der Waals surface area contributed by atoms with Crippen LogP contribution in [-0.4, -0.2) is 29.4 Å².